The molecule has 0 N–H and O–H groups in total. The van der Waals surface area contributed by atoms with Gasteiger partial charge in [0.25, 0.3) is 0 Å². The lowest BCUT2D eigenvalue weighted by Gasteiger charge is -2.31. The van der Waals surface area contributed by atoms with Gasteiger partial charge in [-0.05, 0) is 203 Å². The molecule has 0 unspecified atom stereocenters. The van der Waals surface area contributed by atoms with Gasteiger partial charge in [0.05, 0.1) is 36.5 Å². The fourth-order valence-corrected chi connectivity index (χ4v) is 11.2. The first-order chi connectivity index (χ1) is 41.0. The van der Waals surface area contributed by atoms with Crippen molar-refractivity contribution in [3.8, 4) is 44.5 Å². The highest BCUT2D eigenvalue weighted by Gasteiger charge is 2.29. The molecule has 76 heavy (non-hydrogen) atoms. The van der Waals surface area contributed by atoms with Crippen molar-refractivity contribution < 1.29 is 22.5 Å². The van der Waals surface area contributed by atoms with Gasteiger partial charge in [-0.15, -0.1) is 0 Å². The number of anilines is 6. The number of aryl methyl sites for hydroxylation is 4. The molecule has 0 aliphatic carbocycles. The molecule has 0 fully saturated rings. The van der Waals surface area contributed by atoms with Gasteiger partial charge in [0.1, 0.15) is 0 Å². The van der Waals surface area contributed by atoms with Crippen LogP contribution in [0.4, 0.5) is 42.9 Å². The number of nitrogens with zero attached hydrogens (tertiary/aromatic N) is 2. The molecule has 12 aromatic carbocycles. The topological polar surface area (TPSA) is 6.48 Å². The normalized spacial score (nSPS) is 13.4. The molecule has 0 aliphatic rings. The molecule has 2 nitrogen and oxygen atoms in total. The van der Waals surface area contributed by atoms with Crippen LogP contribution in [0.15, 0.2) is 206 Å². The Balaban J connectivity index is 1.19. The zero-order valence-electron chi connectivity index (χ0n) is 53.5. The molecule has 0 aromatic heterocycles. The zero-order valence-corrected chi connectivity index (χ0v) is 43.5. The fourth-order valence-electron chi connectivity index (χ4n) is 11.2. The molecule has 0 spiro atoms. The van der Waals surface area contributed by atoms with Crippen molar-refractivity contribution >= 4 is 66.4 Å². The molecule has 0 aliphatic heterocycles. The van der Waals surface area contributed by atoms with E-state index in [9.17, 15) is 5.48 Å². The van der Waals surface area contributed by atoms with E-state index in [1.807, 2.05) is 177 Å². The van der Waals surface area contributed by atoms with Gasteiger partial charge < -0.3 is 9.80 Å². The molecule has 0 amide bonds. The minimum Gasteiger partial charge on any atom is -0.307 e. The van der Waals surface area contributed by atoms with E-state index in [4.69, 9.17) is 8.22 Å². The standard InChI is InChI=1S/C72H58F2N2/c1-43-19-15-27-55(47(43)5)59-37-41-65(71(73)69(59)57-29-17-21-45(3)49(57)7)75(53-23-11-9-12-24-53)63-39-33-51-32-36-62-64(40-34-52-31-35-61(63)67(51)68(52)62)76(54-25-13-10-14-26-54)66-42-38-60(56-28-16-20-44(2)48(56)6)70(72(66)74)58-30-18-22-46(4)50(58)8/h9-42H,1-8H3/i9D,10D,11D,12D,13D,14D,23D,24D,25D,26D. The summed E-state index contributed by atoms with van der Waals surface area (Å²) in [6, 6.07) is 38.7. The van der Waals surface area contributed by atoms with Crippen molar-refractivity contribution in [1.82, 2.24) is 0 Å². The highest BCUT2D eigenvalue weighted by molar-refractivity contribution is 6.28. The Bertz CT molecular complexity index is 4500. The Morgan fingerprint density at radius 1 is 0.316 bits per heavy atom. The van der Waals surface area contributed by atoms with Crippen LogP contribution in [0.3, 0.4) is 0 Å². The lowest BCUT2D eigenvalue weighted by Crippen LogP contribution is -2.14. The molecular formula is C72H58F2N2. The van der Waals surface area contributed by atoms with Crippen LogP contribution >= 0.6 is 0 Å². The predicted octanol–water partition coefficient (Wildman–Crippen LogP) is 20.9. The Morgan fingerprint density at radius 3 is 1.00 bits per heavy atom. The number of hydrogen-bond donors (Lipinski definition) is 0. The molecular weight excluding hydrogens is 931 g/mol. The molecule has 4 heteroatoms. The van der Waals surface area contributed by atoms with Gasteiger partial charge in [-0.3, -0.25) is 0 Å². The maximum atomic E-state index is 19.0. The van der Waals surface area contributed by atoms with Crippen molar-refractivity contribution in [2.24, 2.45) is 0 Å². The Morgan fingerprint density at radius 2 is 0.632 bits per heavy atom. The van der Waals surface area contributed by atoms with E-state index in [0.717, 1.165) is 55.6 Å². The second-order valence-corrected chi connectivity index (χ2v) is 19.8. The van der Waals surface area contributed by atoms with Crippen LogP contribution in [0.5, 0.6) is 0 Å². The van der Waals surface area contributed by atoms with Gasteiger partial charge in [0, 0.05) is 33.3 Å². The van der Waals surface area contributed by atoms with E-state index in [2.05, 4.69) is 0 Å². The monoisotopic (exact) mass is 999 g/mol. The Kier molecular flexibility index (Phi) is 9.51. The van der Waals surface area contributed by atoms with Crippen LogP contribution in [0.1, 0.15) is 58.2 Å². The maximum absolute atomic E-state index is 19.0. The summed E-state index contributed by atoms with van der Waals surface area (Å²) in [4.78, 5) is 2.84. The fraction of sp³-hybridized carbons (Fsp3) is 0.111. The van der Waals surface area contributed by atoms with Crippen LogP contribution in [0, 0.1) is 67.0 Å². The van der Waals surface area contributed by atoms with Crippen LogP contribution < -0.4 is 9.80 Å². The second-order valence-electron chi connectivity index (χ2n) is 19.8. The van der Waals surface area contributed by atoms with Crippen LogP contribution in [-0.2, 0) is 0 Å². The zero-order chi connectivity index (χ0) is 61.2. The molecule has 0 saturated carbocycles. The van der Waals surface area contributed by atoms with Gasteiger partial charge in [0.2, 0.25) is 0 Å². The van der Waals surface area contributed by atoms with Crippen molar-refractivity contribution in [2.45, 2.75) is 55.4 Å². The average molecular weight is 999 g/mol. The largest absolute Gasteiger partial charge is 0.307 e. The summed E-state index contributed by atoms with van der Waals surface area (Å²) in [5.41, 5.74) is 11.8. The lowest BCUT2D eigenvalue weighted by atomic mass is 9.87. The molecule has 0 bridgehead atoms. The molecule has 0 atom stereocenters. The van der Waals surface area contributed by atoms with Crippen LogP contribution in [0.25, 0.3) is 76.8 Å². The summed E-state index contributed by atoms with van der Waals surface area (Å²) in [6.45, 7) is 15.8. The molecule has 12 rings (SSSR count). The van der Waals surface area contributed by atoms with E-state index in [1.165, 1.54) is 9.80 Å². The predicted molar refractivity (Wildman–Crippen MR) is 319 cm³/mol. The molecule has 12 aromatic rings. The highest BCUT2D eigenvalue weighted by Crippen LogP contribution is 2.52. The summed E-state index contributed by atoms with van der Waals surface area (Å²) < 4.78 is 129. The summed E-state index contributed by atoms with van der Waals surface area (Å²) in [7, 11) is 0. The van der Waals surface area contributed by atoms with Gasteiger partial charge >= 0.3 is 0 Å². The van der Waals surface area contributed by atoms with E-state index < -0.39 is 72.1 Å². The first kappa shape index (κ1) is 37.8. The smallest absolute Gasteiger partial charge is 0.155 e. The minimum atomic E-state index is -0.697. The quantitative estimate of drug-likeness (QED) is 0.126. The van der Waals surface area contributed by atoms with Gasteiger partial charge in [-0.1, -0.05) is 158 Å². The minimum absolute atomic E-state index is 0.0870. The Hall–Kier alpha value is -8.86. The van der Waals surface area contributed by atoms with Crippen molar-refractivity contribution in [3.05, 3.63) is 262 Å². The summed E-state index contributed by atoms with van der Waals surface area (Å²) >= 11 is 0. The van der Waals surface area contributed by atoms with Gasteiger partial charge in [-0.2, -0.15) is 0 Å². The highest BCUT2D eigenvalue weighted by atomic mass is 19.1. The molecule has 0 heterocycles. The summed E-state index contributed by atoms with van der Waals surface area (Å²) in [6.07, 6.45) is 0. The van der Waals surface area contributed by atoms with E-state index in [-0.39, 0.29) is 45.3 Å². The molecule has 0 radical (unpaired) electrons. The maximum Gasteiger partial charge on any atom is 0.155 e. The van der Waals surface area contributed by atoms with Crippen molar-refractivity contribution in [2.75, 3.05) is 9.80 Å². The van der Waals surface area contributed by atoms with Crippen LogP contribution in [-0.4, -0.2) is 0 Å². The van der Waals surface area contributed by atoms with Gasteiger partial charge in [-0.25, -0.2) is 8.78 Å². The SMILES string of the molecule is [2H]c1c([2H])c([2H])c(N(c2ccc(-c3cccc(C)c3C)c(-c3cccc(C)c3C)c2F)c2ccc3ccc4c(N(c5ccc(-c6cccc(C)c6C)c(-c6cccc(C)c6C)c5F)c5c([2H])c([2H])c([2H])c([2H])c5[2H])ccc5ccc2c3c54)c([2H])c1[2H]. The number of benzene rings is 12. The van der Waals surface area contributed by atoms with E-state index in [0.29, 0.717) is 54.6 Å². The van der Waals surface area contributed by atoms with E-state index >= 15 is 8.78 Å². The first-order valence-electron chi connectivity index (χ1n) is 30.4. The number of halogens is 2. The summed E-state index contributed by atoms with van der Waals surface area (Å²) in [5.74, 6) is -1.39. The number of rotatable bonds is 10. The first-order valence-corrected chi connectivity index (χ1v) is 25.4. The average Bonchev–Trinajstić information content (AvgIpc) is 0.896. The van der Waals surface area contributed by atoms with Crippen LogP contribution in [0.2, 0.25) is 0 Å². The number of para-hydroxylation sites is 2. The molecule has 0 saturated heterocycles. The lowest BCUT2D eigenvalue weighted by molar-refractivity contribution is 0.632. The Labute approximate surface area is 459 Å². The summed E-state index contributed by atoms with van der Waals surface area (Å²) in [5, 5.41) is 3.62. The van der Waals surface area contributed by atoms with Crippen molar-refractivity contribution in [3.63, 3.8) is 0 Å². The second kappa shape index (κ2) is 19.1. The van der Waals surface area contributed by atoms with Gasteiger partial charge in [0.15, 0.2) is 11.6 Å². The van der Waals surface area contributed by atoms with E-state index in [1.54, 1.807) is 24.3 Å². The third-order valence-corrected chi connectivity index (χ3v) is 15.8. The number of hydrogen-bond acceptors (Lipinski definition) is 2. The third-order valence-electron chi connectivity index (χ3n) is 15.8. The third kappa shape index (κ3) is 7.82. The van der Waals surface area contributed by atoms with Crippen molar-refractivity contribution in [1.29, 1.82) is 0 Å². The molecule has 370 valence electrons.